The summed E-state index contributed by atoms with van der Waals surface area (Å²) in [6, 6.07) is 11.5. The topological polar surface area (TPSA) is 52.0 Å². The van der Waals surface area contributed by atoms with E-state index in [4.69, 9.17) is 10.2 Å². The second kappa shape index (κ2) is 4.14. The summed E-state index contributed by atoms with van der Waals surface area (Å²) in [5.74, 6) is 0.599. The molecule has 0 radical (unpaired) electrons. The molecule has 0 amide bonds. The third-order valence-corrected chi connectivity index (χ3v) is 3.60. The van der Waals surface area contributed by atoms with E-state index < -0.39 is 0 Å². The van der Waals surface area contributed by atoms with E-state index in [1.54, 1.807) is 0 Å². The third kappa shape index (κ3) is 1.69. The molecule has 0 spiro atoms. The quantitative estimate of drug-likeness (QED) is 0.687. The Balaban J connectivity index is 2.26. The number of hydrogen-bond donors (Lipinski definition) is 1. The van der Waals surface area contributed by atoms with E-state index in [2.05, 4.69) is 20.9 Å². The lowest BCUT2D eigenvalue weighted by Gasteiger charge is -2.03. The largest absolute Gasteiger partial charge is 0.435 e. The van der Waals surface area contributed by atoms with Crippen molar-refractivity contribution in [2.24, 2.45) is 0 Å². The lowest BCUT2D eigenvalue weighted by molar-refractivity contribution is 0.617. The second-order valence-electron chi connectivity index (χ2n) is 4.13. The second-order valence-corrected chi connectivity index (χ2v) is 4.98. The molecule has 2 aromatic carbocycles. The average Bonchev–Trinajstić information content (AvgIpc) is 2.78. The minimum Gasteiger partial charge on any atom is -0.435 e. The van der Waals surface area contributed by atoms with Gasteiger partial charge in [0, 0.05) is 11.3 Å². The molecule has 4 heteroatoms. The number of aromatic nitrogens is 1. The number of halogens is 1. The van der Waals surface area contributed by atoms with Crippen LogP contribution in [-0.2, 0) is 0 Å². The number of benzene rings is 2. The number of rotatable bonds is 1. The highest BCUT2D eigenvalue weighted by Gasteiger charge is 2.12. The Kier molecular flexibility index (Phi) is 2.59. The molecule has 18 heavy (non-hydrogen) atoms. The zero-order valence-electron chi connectivity index (χ0n) is 9.77. The highest BCUT2D eigenvalue weighted by atomic mass is 79.9. The van der Waals surface area contributed by atoms with Gasteiger partial charge in [-0.15, -0.1) is 0 Å². The first-order valence-corrected chi connectivity index (χ1v) is 6.36. The van der Waals surface area contributed by atoms with E-state index in [0.717, 1.165) is 32.4 Å². The van der Waals surface area contributed by atoms with Crippen LogP contribution < -0.4 is 5.73 Å². The molecule has 3 nitrogen and oxygen atoms in total. The zero-order valence-corrected chi connectivity index (χ0v) is 11.4. The van der Waals surface area contributed by atoms with Gasteiger partial charge in [-0.2, -0.15) is 0 Å². The summed E-state index contributed by atoms with van der Waals surface area (Å²) in [5.41, 5.74) is 10.2. The van der Waals surface area contributed by atoms with E-state index in [0.29, 0.717) is 5.89 Å². The maximum absolute atomic E-state index is 5.90. The number of fused-ring (bicyclic) bond motifs is 1. The molecule has 0 aliphatic heterocycles. The van der Waals surface area contributed by atoms with Gasteiger partial charge in [0.05, 0.1) is 4.47 Å². The summed E-state index contributed by atoms with van der Waals surface area (Å²) >= 11 is 3.46. The Morgan fingerprint density at radius 3 is 2.72 bits per heavy atom. The van der Waals surface area contributed by atoms with Crippen molar-refractivity contribution in [1.29, 1.82) is 0 Å². The van der Waals surface area contributed by atoms with Gasteiger partial charge >= 0.3 is 0 Å². The van der Waals surface area contributed by atoms with Gasteiger partial charge in [-0.05, 0) is 52.7 Å². The van der Waals surface area contributed by atoms with Gasteiger partial charge < -0.3 is 10.2 Å². The van der Waals surface area contributed by atoms with Crippen LogP contribution in [-0.4, -0.2) is 4.98 Å². The predicted molar refractivity (Wildman–Crippen MR) is 76.3 cm³/mol. The van der Waals surface area contributed by atoms with E-state index in [-0.39, 0.29) is 0 Å². The predicted octanol–water partition coefficient (Wildman–Crippen LogP) is 4.15. The molecule has 0 saturated heterocycles. The Bertz CT molecular complexity index is 734. The Morgan fingerprint density at radius 1 is 1.17 bits per heavy atom. The minimum atomic E-state index is 0.599. The van der Waals surface area contributed by atoms with Gasteiger partial charge in [0.2, 0.25) is 5.89 Å². The molecular weight excluding hydrogens is 292 g/mol. The Morgan fingerprint density at radius 2 is 1.94 bits per heavy atom. The molecule has 3 rings (SSSR count). The number of hydrogen-bond acceptors (Lipinski definition) is 3. The van der Waals surface area contributed by atoms with Crippen molar-refractivity contribution in [2.45, 2.75) is 6.92 Å². The molecule has 0 aliphatic carbocycles. The summed E-state index contributed by atoms with van der Waals surface area (Å²) in [6.07, 6.45) is 0. The molecule has 3 aromatic rings. The minimum absolute atomic E-state index is 0.599. The number of anilines is 1. The third-order valence-electron chi connectivity index (χ3n) is 2.97. The number of nitrogens with zero attached hydrogens (tertiary/aromatic N) is 1. The lowest BCUT2D eigenvalue weighted by Crippen LogP contribution is -1.91. The molecule has 1 heterocycles. The summed E-state index contributed by atoms with van der Waals surface area (Å²) < 4.78 is 6.71. The Labute approximate surface area is 113 Å². The highest BCUT2D eigenvalue weighted by Crippen LogP contribution is 2.32. The van der Waals surface area contributed by atoms with Crippen molar-refractivity contribution in [1.82, 2.24) is 4.98 Å². The molecule has 90 valence electrons. The number of nitrogens with two attached hydrogens (primary N) is 1. The van der Waals surface area contributed by atoms with Crippen molar-refractivity contribution in [3.05, 3.63) is 46.4 Å². The van der Waals surface area contributed by atoms with Crippen LogP contribution in [0.1, 0.15) is 5.56 Å². The smallest absolute Gasteiger partial charge is 0.227 e. The van der Waals surface area contributed by atoms with Crippen LogP contribution >= 0.6 is 15.9 Å². The van der Waals surface area contributed by atoms with Gasteiger partial charge in [-0.25, -0.2) is 4.98 Å². The molecule has 2 N–H and O–H groups in total. The monoisotopic (exact) mass is 302 g/mol. The fraction of sp³-hybridized carbons (Fsp3) is 0.0714. The van der Waals surface area contributed by atoms with Crippen LogP contribution in [0.3, 0.4) is 0 Å². The maximum Gasteiger partial charge on any atom is 0.227 e. The Hall–Kier alpha value is -1.81. The van der Waals surface area contributed by atoms with E-state index in [1.165, 1.54) is 0 Å². The van der Waals surface area contributed by atoms with Gasteiger partial charge in [0.15, 0.2) is 5.58 Å². The van der Waals surface area contributed by atoms with Crippen LogP contribution in [0.25, 0.3) is 22.6 Å². The molecule has 1 aromatic heterocycles. The van der Waals surface area contributed by atoms with Crippen LogP contribution in [0.4, 0.5) is 5.69 Å². The van der Waals surface area contributed by atoms with Crippen molar-refractivity contribution in [2.75, 3.05) is 5.73 Å². The van der Waals surface area contributed by atoms with E-state index in [9.17, 15) is 0 Å². The van der Waals surface area contributed by atoms with Crippen LogP contribution in [0.2, 0.25) is 0 Å². The van der Waals surface area contributed by atoms with Crippen molar-refractivity contribution >= 4 is 32.7 Å². The van der Waals surface area contributed by atoms with E-state index >= 15 is 0 Å². The van der Waals surface area contributed by atoms with Crippen molar-refractivity contribution in [3.8, 4) is 11.5 Å². The average molecular weight is 303 g/mol. The summed E-state index contributed by atoms with van der Waals surface area (Å²) in [4.78, 5) is 4.49. The molecule has 0 unspecified atom stereocenters. The van der Waals surface area contributed by atoms with E-state index in [1.807, 2.05) is 43.3 Å². The molecular formula is C14H11BrN2O. The lowest BCUT2D eigenvalue weighted by atomic mass is 10.1. The van der Waals surface area contributed by atoms with Gasteiger partial charge in [0.25, 0.3) is 0 Å². The van der Waals surface area contributed by atoms with Crippen molar-refractivity contribution < 1.29 is 4.42 Å². The van der Waals surface area contributed by atoms with Crippen LogP contribution in [0.15, 0.2) is 45.3 Å². The molecule has 0 fully saturated rings. The van der Waals surface area contributed by atoms with Gasteiger partial charge in [-0.1, -0.05) is 12.1 Å². The molecule has 0 aliphatic rings. The normalized spacial score (nSPS) is 11.0. The fourth-order valence-corrected chi connectivity index (χ4v) is 2.35. The van der Waals surface area contributed by atoms with Crippen LogP contribution in [0, 0.1) is 6.92 Å². The zero-order chi connectivity index (χ0) is 12.7. The molecule has 0 bridgehead atoms. The maximum atomic E-state index is 5.90. The number of nitrogen functional groups attached to an aromatic ring is 1. The summed E-state index contributed by atoms with van der Waals surface area (Å²) in [7, 11) is 0. The standard InChI is InChI=1S/C14H11BrN2O/c1-8-9(4-2-6-11(8)16)14-17-12-7-3-5-10(15)13(12)18-14/h2-7H,16H2,1H3. The van der Waals surface area contributed by atoms with Crippen molar-refractivity contribution in [3.63, 3.8) is 0 Å². The highest BCUT2D eigenvalue weighted by molar-refractivity contribution is 9.10. The number of oxazole rings is 1. The molecule has 0 saturated carbocycles. The summed E-state index contributed by atoms with van der Waals surface area (Å²) in [6.45, 7) is 1.97. The molecule has 0 atom stereocenters. The van der Waals surface area contributed by atoms with Crippen LogP contribution in [0.5, 0.6) is 0 Å². The first kappa shape index (κ1) is 11.3. The SMILES string of the molecule is Cc1c(N)cccc1-c1nc2cccc(Br)c2o1. The first-order valence-electron chi connectivity index (χ1n) is 5.57. The first-order chi connectivity index (χ1) is 8.66. The number of para-hydroxylation sites is 1. The van der Waals surface area contributed by atoms with Gasteiger partial charge in [0.1, 0.15) is 5.52 Å². The van der Waals surface area contributed by atoms with Gasteiger partial charge in [-0.3, -0.25) is 0 Å². The fourth-order valence-electron chi connectivity index (χ4n) is 1.92. The summed E-state index contributed by atoms with van der Waals surface area (Å²) in [5, 5.41) is 0.